The molecule has 1 aromatic heterocycles. The number of carbonyl (C=O) groups is 1. The molecule has 0 aliphatic carbocycles. The summed E-state index contributed by atoms with van der Waals surface area (Å²) >= 11 is 1.58. The van der Waals surface area contributed by atoms with Crippen molar-refractivity contribution >= 4 is 28.1 Å². The molecule has 2 heterocycles. The number of β-lactam (4-membered cyclic amide) rings is 1. The number of hydrogen-bond donors (Lipinski definition) is 5. The number of hydrogen-bond acceptors (Lipinski definition) is 8. The third-order valence-electron chi connectivity index (χ3n) is 8.57. The molecular weight excluding hydrogens is 593 g/mol. The van der Waals surface area contributed by atoms with Crippen LogP contribution in [0.4, 0.5) is 15.2 Å². The van der Waals surface area contributed by atoms with Gasteiger partial charge in [0.15, 0.2) is 5.13 Å². The van der Waals surface area contributed by atoms with Gasteiger partial charge in [0, 0.05) is 23.8 Å². The van der Waals surface area contributed by atoms with Crippen molar-refractivity contribution in [3.8, 4) is 0 Å². The summed E-state index contributed by atoms with van der Waals surface area (Å²) in [5, 5.41) is 46.0. The van der Waals surface area contributed by atoms with Crippen molar-refractivity contribution in [2.24, 2.45) is 5.92 Å². The number of amides is 1. The Bertz CT molecular complexity index is 1500. The van der Waals surface area contributed by atoms with E-state index in [0.29, 0.717) is 24.8 Å². The van der Waals surface area contributed by atoms with E-state index in [-0.39, 0.29) is 30.1 Å². The fraction of sp³-hybridized carbons (Fsp3) is 0.371. The molecule has 1 aliphatic rings. The average Bonchev–Trinajstić information content (AvgIpc) is 3.59. The summed E-state index contributed by atoms with van der Waals surface area (Å²) in [5.74, 6) is -0.710. The maximum Gasteiger partial charge on any atom is 0.233 e. The second-order valence-corrected chi connectivity index (χ2v) is 12.6. The summed E-state index contributed by atoms with van der Waals surface area (Å²) in [7, 11) is 0. The van der Waals surface area contributed by atoms with Gasteiger partial charge in [0.05, 0.1) is 31.3 Å². The quantitative estimate of drug-likeness (QED) is 0.0849. The Labute approximate surface area is 266 Å². The van der Waals surface area contributed by atoms with Crippen LogP contribution in [0.3, 0.4) is 0 Å². The van der Waals surface area contributed by atoms with Crippen LogP contribution in [-0.2, 0) is 17.6 Å². The van der Waals surface area contributed by atoms with Gasteiger partial charge in [0.1, 0.15) is 11.4 Å². The Morgan fingerprint density at radius 1 is 0.956 bits per heavy atom. The number of aryl methyl sites for hydroxylation is 2. The number of benzene rings is 3. The predicted octanol–water partition coefficient (Wildman–Crippen LogP) is 5.19. The van der Waals surface area contributed by atoms with E-state index < -0.39 is 24.9 Å². The Kier molecular flexibility index (Phi) is 11.0. The summed E-state index contributed by atoms with van der Waals surface area (Å²) in [6.07, 6.45) is 4.32. The number of aliphatic hydroxyl groups is 4. The molecule has 0 saturated carbocycles. The van der Waals surface area contributed by atoms with Crippen molar-refractivity contribution in [3.63, 3.8) is 0 Å². The summed E-state index contributed by atoms with van der Waals surface area (Å²) in [5.41, 5.74) is 2.97. The maximum absolute atomic E-state index is 13.6. The van der Waals surface area contributed by atoms with E-state index in [2.05, 4.69) is 22.4 Å². The molecule has 0 spiro atoms. The van der Waals surface area contributed by atoms with Crippen LogP contribution < -0.4 is 10.2 Å². The summed E-state index contributed by atoms with van der Waals surface area (Å²) in [4.78, 5) is 19.7. The van der Waals surface area contributed by atoms with Crippen LogP contribution in [0.2, 0.25) is 0 Å². The molecule has 5 rings (SSSR count). The number of aliphatic hydroxyl groups excluding tert-OH is 3. The number of thiazole rings is 1. The highest BCUT2D eigenvalue weighted by Gasteiger charge is 2.48. The smallest absolute Gasteiger partial charge is 0.233 e. The third-order valence-corrected chi connectivity index (χ3v) is 9.30. The zero-order valence-corrected chi connectivity index (χ0v) is 25.9. The van der Waals surface area contributed by atoms with E-state index in [9.17, 15) is 29.6 Å². The normalized spacial score (nSPS) is 17.3. The van der Waals surface area contributed by atoms with Crippen LogP contribution >= 0.6 is 11.3 Å². The van der Waals surface area contributed by atoms with E-state index in [0.717, 1.165) is 41.3 Å². The molecule has 3 aromatic carbocycles. The van der Waals surface area contributed by atoms with Gasteiger partial charge in [-0.25, -0.2) is 9.37 Å². The molecule has 0 unspecified atom stereocenters. The highest BCUT2D eigenvalue weighted by Crippen LogP contribution is 2.46. The molecule has 238 valence electrons. The molecule has 8 nitrogen and oxygen atoms in total. The third kappa shape index (κ3) is 8.14. The molecule has 1 aliphatic heterocycles. The molecule has 1 saturated heterocycles. The number of carbonyl (C=O) groups excluding carboxylic acids is 1. The number of rotatable bonds is 16. The zero-order chi connectivity index (χ0) is 31.8. The standard InChI is InChI=1S/C35H40FN3O5S/c36-28-11-9-26(10-12-28)31(42)16-15-30-32(27-7-3-25(4-8-27)17-18-35(44,22-40)23-41)39(33(30)43)29-13-5-24(6-14-29)2-1-19-37-34-38-20-21-45-34/h3-14,20-21,30-32,40-42,44H,1-2,15-19,22-23H2,(H,37,38)/t30-,31+,32-/m1/s1. The van der Waals surface area contributed by atoms with Crippen molar-refractivity contribution in [2.45, 2.75) is 56.3 Å². The first-order valence-electron chi connectivity index (χ1n) is 15.3. The van der Waals surface area contributed by atoms with Gasteiger partial charge in [-0.2, -0.15) is 0 Å². The molecule has 4 aromatic rings. The first kappa shape index (κ1) is 32.7. The number of aromatic nitrogens is 1. The number of nitrogens with zero attached hydrogens (tertiary/aromatic N) is 2. The zero-order valence-electron chi connectivity index (χ0n) is 25.1. The Morgan fingerprint density at radius 3 is 2.27 bits per heavy atom. The van der Waals surface area contributed by atoms with Crippen molar-refractivity contribution < 1.29 is 29.6 Å². The largest absolute Gasteiger partial charge is 0.393 e. The lowest BCUT2D eigenvalue weighted by Gasteiger charge is -2.48. The summed E-state index contributed by atoms with van der Waals surface area (Å²) in [6, 6.07) is 21.5. The molecule has 5 N–H and O–H groups in total. The molecule has 10 heteroatoms. The van der Waals surface area contributed by atoms with Crippen molar-refractivity contribution in [3.05, 3.63) is 112 Å². The summed E-state index contributed by atoms with van der Waals surface area (Å²) in [6.45, 7) is -0.217. The van der Waals surface area contributed by atoms with Gasteiger partial charge in [-0.3, -0.25) is 4.79 Å². The molecule has 1 fully saturated rings. The molecule has 45 heavy (non-hydrogen) atoms. The van der Waals surface area contributed by atoms with Crippen LogP contribution in [0.15, 0.2) is 84.4 Å². The minimum atomic E-state index is -1.53. The van der Waals surface area contributed by atoms with Gasteiger partial charge in [0.25, 0.3) is 0 Å². The van der Waals surface area contributed by atoms with Gasteiger partial charge in [0.2, 0.25) is 5.91 Å². The first-order valence-corrected chi connectivity index (χ1v) is 16.2. The molecule has 1 amide bonds. The minimum absolute atomic E-state index is 0.00765. The van der Waals surface area contributed by atoms with Gasteiger partial charge in [-0.15, -0.1) is 11.3 Å². The lowest BCUT2D eigenvalue weighted by molar-refractivity contribution is -0.131. The molecule has 0 bridgehead atoms. The molecular formula is C35H40FN3O5S. The summed E-state index contributed by atoms with van der Waals surface area (Å²) < 4.78 is 13.4. The van der Waals surface area contributed by atoms with Gasteiger partial charge >= 0.3 is 0 Å². The SMILES string of the molecule is O=C1[C@H](CC[C@H](O)c2ccc(F)cc2)[C@@H](c2ccc(CCC(O)(CO)CO)cc2)N1c1ccc(CCCNc2nccs2)cc1. The average molecular weight is 634 g/mol. The lowest BCUT2D eigenvalue weighted by Crippen LogP contribution is -2.55. The van der Waals surface area contributed by atoms with Crippen molar-refractivity contribution in [1.29, 1.82) is 0 Å². The highest BCUT2D eigenvalue weighted by molar-refractivity contribution is 7.13. The number of halogens is 1. The Hall–Kier alpha value is -3.67. The fourth-order valence-electron chi connectivity index (χ4n) is 5.78. The molecule has 3 atom stereocenters. The number of anilines is 2. The molecule has 0 radical (unpaired) electrons. The highest BCUT2D eigenvalue weighted by atomic mass is 32.1. The topological polar surface area (TPSA) is 126 Å². The van der Waals surface area contributed by atoms with Crippen molar-refractivity contribution in [1.82, 2.24) is 4.98 Å². The maximum atomic E-state index is 13.6. The van der Waals surface area contributed by atoms with Crippen LogP contribution in [0, 0.1) is 11.7 Å². The van der Waals surface area contributed by atoms with Gasteiger partial charge < -0.3 is 30.6 Å². The fourth-order valence-corrected chi connectivity index (χ4v) is 6.33. The van der Waals surface area contributed by atoms with Gasteiger partial charge in [-0.1, -0.05) is 48.5 Å². The van der Waals surface area contributed by atoms with Crippen LogP contribution in [0.25, 0.3) is 0 Å². The van der Waals surface area contributed by atoms with Gasteiger partial charge in [-0.05, 0) is 85.0 Å². The van der Waals surface area contributed by atoms with Crippen LogP contribution in [0.5, 0.6) is 0 Å². The van der Waals surface area contributed by atoms with Crippen molar-refractivity contribution in [2.75, 3.05) is 30.0 Å². The Balaban J connectivity index is 1.27. The van der Waals surface area contributed by atoms with E-state index >= 15 is 0 Å². The van der Waals surface area contributed by atoms with Crippen LogP contribution in [-0.4, -0.2) is 56.7 Å². The second kappa shape index (κ2) is 15.1. The van der Waals surface area contributed by atoms with Crippen LogP contribution in [0.1, 0.15) is 60.1 Å². The number of nitrogens with one attached hydrogen (secondary N) is 1. The predicted molar refractivity (Wildman–Crippen MR) is 174 cm³/mol. The Morgan fingerprint density at radius 2 is 1.62 bits per heavy atom. The minimum Gasteiger partial charge on any atom is -0.393 e. The van der Waals surface area contributed by atoms with E-state index in [1.54, 1.807) is 29.7 Å². The van der Waals surface area contributed by atoms with E-state index in [1.807, 2.05) is 46.7 Å². The lowest BCUT2D eigenvalue weighted by atomic mass is 9.78. The van der Waals surface area contributed by atoms with E-state index in [4.69, 9.17) is 0 Å². The first-order chi connectivity index (χ1) is 21.8. The second-order valence-electron chi connectivity index (χ2n) is 11.7. The monoisotopic (exact) mass is 633 g/mol. The van der Waals surface area contributed by atoms with E-state index in [1.165, 1.54) is 17.7 Å².